The smallest absolute Gasteiger partial charge is 0.131 e. The fraction of sp³-hybridized carbons (Fsp3) is 0.353. The quantitative estimate of drug-likeness (QED) is 0.886. The van der Waals surface area contributed by atoms with Gasteiger partial charge in [0.15, 0.2) is 0 Å². The fourth-order valence-electron chi connectivity index (χ4n) is 2.06. The van der Waals surface area contributed by atoms with E-state index in [2.05, 4.69) is 17.1 Å². The van der Waals surface area contributed by atoms with Crippen LogP contribution in [0.4, 0.5) is 5.69 Å². The Morgan fingerprint density at radius 2 is 1.86 bits per heavy atom. The van der Waals surface area contributed by atoms with Crippen molar-refractivity contribution >= 4 is 5.69 Å². The summed E-state index contributed by atoms with van der Waals surface area (Å²) in [5.41, 5.74) is 10.9. The fourth-order valence-corrected chi connectivity index (χ4v) is 2.06. The molecule has 2 rings (SSSR count). The lowest BCUT2D eigenvalue weighted by atomic mass is 10.1. The average Bonchev–Trinajstić information content (AvgIpc) is 2.51. The van der Waals surface area contributed by atoms with Crippen LogP contribution in [0, 0.1) is 13.8 Å². The van der Waals surface area contributed by atoms with Crippen LogP contribution >= 0.6 is 0 Å². The summed E-state index contributed by atoms with van der Waals surface area (Å²) in [4.78, 5) is 4.39. The summed E-state index contributed by atoms with van der Waals surface area (Å²) in [7, 11) is 1.71. The first kappa shape index (κ1) is 15.3. The van der Waals surface area contributed by atoms with Gasteiger partial charge in [0.2, 0.25) is 0 Å². The second-order valence-corrected chi connectivity index (χ2v) is 5.10. The Balaban J connectivity index is 1.98. The molecular formula is C17H22N2O2. The lowest BCUT2D eigenvalue weighted by Gasteiger charge is -2.11. The molecule has 4 nitrogen and oxygen atoms in total. The minimum atomic E-state index is 0.424. The molecule has 0 amide bonds. The molecule has 0 saturated carbocycles. The highest BCUT2D eigenvalue weighted by atomic mass is 16.5. The summed E-state index contributed by atoms with van der Waals surface area (Å²) in [5.74, 6) is 0.830. The minimum Gasteiger partial charge on any atom is -0.487 e. The van der Waals surface area contributed by atoms with E-state index in [0.717, 1.165) is 41.3 Å². The van der Waals surface area contributed by atoms with Gasteiger partial charge in [-0.25, -0.2) is 0 Å². The van der Waals surface area contributed by atoms with Crippen molar-refractivity contribution in [3.63, 3.8) is 0 Å². The van der Waals surface area contributed by atoms with Crippen LogP contribution in [-0.2, 0) is 17.8 Å². The Morgan fingerprint density at radius 3 is 2.52 bits per heavy atom. The first-order chi connectivity index (χ1) is 10.1. The van der Waals surface area contributed by atoms with Crippen LogP contribution in [-0.4, -0.2) is 18.7 Å². The molecule has 0 spiro atoms. The molecule has 0 unspecified atom stereocenters. The monoisotopic (exact) mass is 286 g/mol. The van der Waals surface area contributed by atoms with Crippen LogP contribution in [0.1, 0.15) is 22.4 Å². The lowest BCUT2D eigenvalue weighted by molar-refractivity contribution is 0.202. The predicted octanol–water partition coefficient (Wildman–Crippen LogP) is 3.05. The Morgan fingerprint density at radius 1 is 1.14 bits per heavy atom. The second kappa shape index (κ2) is 7.09. The number of aromatic nitrogens is 1. The van der Waals surface area contributed by atoms with Crippen LogP contribution in [0.2, 0.25) is 0 Å². The minimum absolute atomic E-state index is 0.424. The molecular weight excluding hydrogens is 264 g/mol. The summed E-state index contributed by atoms with van der Waals surface area (Å²) in [6.07, 6.45) is 2.70. The van der Waals surface area contributed by atoms with Crippen LogP contribution < -0.4 is 10.5 Å². The van der Waals surface area contributed by atoms with E-state index in [1.165, 1.54) is 5.56 Å². The molecule has 2 aromatic rings. The van der Waals surface area contributed by atoms with Crippen molar-refractivity contribution in [2.75, 3.05) is 19.5 Å². The second-order valence-electron chi connectivity index (χ2n) is 5.10. The molecule has 0 aliphatic carbocycles. The van der Waals surface area contributed by atoms with Gasteiger partial charge in [-0.3, -0.25) is 4.98 Å². The van der Waals surface area contributed by atoms with Crippen LogP contribution in [0.15, 0.2) is 30.5 Å². The maximum Gasteiger partial charge on any atom is 0.131 e. The third-order valence-corrected chi connectivity index (χ3v) is 3.57. The Kier molecular flexibility index (Phi) is 5.17. The van der Waals surface area contributed by atoms with E-state index in [0.29, 0.717) is 6.61 Å². The van der Waals surface area contributed by atoms with Gasteiger partial charge >= 0.3 is 0 Å². The number of aryl methyl sites for hydroxylation is 1. The summed E-state index contributed by atoms with van der Waals surface area (Å²) in [6, 6.07) is 8.05. The Bertz CT molecular complexity index is 594. The van der Waals surface area contributed by atoms with Crippen LogP contribution in [0.5, 0.6) is 5.75 Å². The van der Waals surface area contributed by atoms with Crippen molar-refractivity contribution in [2.45, 2.75) is 26.9 Å². The highest BCUT2D eigenvalue weighted by molar-refractivity contribution is 5.53. The van der Waals surface area contributed by atoms with E-state index in [1.54, 1.807) is 13.3 Å². The summed E-state index contributed by atoms with van der Waals surface area (Å²) >= 11 is 0. The predicted molar refractivity (Wildman–Crippen MR) is 84.5 cm³/mol. The van der Waals surface area contributed by atoms with Gasteiger partial charge in [-0.05, 0) is 49.1 Å². The van der Waals surface area contributed by atoms with Gasteiger partial charge in [-0.1, -0.05) is 12.1 Å². The van der Waals surface area contributed by atoms with Gasteiger partial charge in [-0.2, -0.15) is 0 Å². The molecule has 1 aromatic carbocycles. The molecule has 0 radical (unpaired) electrons. The molecule has 0 fully saturated rings. The number of nitrogens with two attached hydrogens (primary N) is 1. The molecule has 21 heavy (non-hydrogen) atoms. The number of methoxy groups -OCH3 is 1. The summed E-state index contributed by atoms with van der Waals surface area (Å²) in [5, 5.41) is 0. The number of ether oxygens (including phenoxy) is 2. The maximum atomic E-state index is 6.01. The molecule has 0 bridgehead atoms. The van der Waals surface area contributed by atoms with Gasteiger partial charge in [0.1, 0.15) is 12.4 Å². The van der Waals surface area contributed by atoms with Gasteiger partial charge in [0.05, 0.1) is 12.3 Å². The number of anilines is 1. The van der Waals surface area contributed by atoms with E-state index >= 15 is 0 Å². The average molecular weight is 286 g/mol. The Labute approximate surface area is 125 Å². The largest absolute Gasteiger partial charge is 0.487 e. The number of hydrogen-bond donors (Lipinski definition) is 1. The third kappa shape index (κ3) is 3.95. The number of hydrogen-bond acceptors (Lipinski definition) is 4. The molecule has 4 heteroatoms. The van der Waals surface area contributed by atoms with E-state index in [9.17, 15) is 0 Å². The first-order valence-electron chi connectivity index (χ1n) is 7.03. The molecule has 1 heterocycles. The van der Waals surface area contributed by atoms with Gasteiger partial charge in [0, 0.05) is 19.0 Å². The Hall–Kier alpha value is -2.07. The number of rotatable bonds is 6. The molecule has 2 N–H and O–H groups in total. The zero-order chi connectivity index (χ0) is 15.2. The first-order valence-corrected chi connectivity index (χ1v) is 7.03. The molecule has 112 valence electrons. The van der Waals surface area contributed by atoms with Gasteiger partial charge in [-0.15, -0.1) is 0 Å². The van der Waals surface area contributed by atoms with Gasteiger partial charge < -0.3 is 15.2 Å². The number of nitrogens with zero attached hydrogens (tertiary/aromatic N) is 1. The zero-order valence-electron chi connectivity index (χ0n) is 12.8. The highest BCUT2D eigenvalue weighted by Gasteiger charge is 2.07. The summed E-state index contributed by atoms with van der Waals surface area (Å²) < 4.78 is 10.8. The van der Waals surface area contributed by atoms with Crippen molar-refractivity contribution in [3.8, 4) is 5.75 Å². The number of benzene rings is 1. The van der Waals surface area contributed by atoms with E-state index in [1.807, 2.05) is 26.0 Å². The summed E-state index contributed by atoms with van der Waals surface area (Å²) in [6.45, 7) is 5.08. The van der Waals surface area contributed by atoms with Gasteiger partial charge in [0.25, 0.3) is 0 Å². The van der Waals surface area contributed by atoms with Crippen molar-refractivity contribution in [3.05, 3.63) is 52.8 Å². The van der Waals surface area contributed by atoms with Crippen LogP contribution in [0.3, 0.4) is 0 Å². The number of nitrogen functional groups attached to an aromatic ring is 1. The molecule has 0 saturated heterocycles. The van der Waals surface area contributed by atoms with Crippen molar-refractivity contribution in [1.82, 2.24) is 4.98 Å². The zero-order valence-corrected chi connectivity index (χ0v) is 12.8. The van der Waals surface area contributed by atoms with E-state index in [-0.39, 0.29) is 0 Å². The highest BCUT2D eigenvalue weighted by Crippen LogP contribution is 2.20. The molecule has 0 aliphatic rings. The maximum absolute atomic E-state index is 6.01. The third-order valence-electron chi connectivity index (χ3n) is 3.57. The van der Waals surface area contributed by atoms with Crippen molar-refractivity contribution in [1.29, 1.82) is 0 Å². The molecule has 0 atom stereocenters. The SMILES string of the molecule is COCCc1ccc(OCc2ncc(C)c(N)c2C)cc1. The standard InChI is InChI=1S/C17H22N2O2/c1-12-10-19-16(13(2)17(12)18)11-21-15-6-4-14(5-7-15)8-9-20-3/h4-7,10H,8-9,11H2,1-3H3,(H2,18,19). The van der Waals surface area contributed by atoms with E-state index in [4.69, 9.17) is 15.2 Å². The molecule has 1 aromatic heterocycles. The number of pyridine rings is 1. The van der Waals surface area contributed by atoms with Crippen LogP contribution in [0.25, 0.3) is 0 Å². The van der Waals surface area contributed by atoms with Crippen molar-refractivity contribution < 1.29 is 9.47 Å². The molecule has 0 aliphatic heterocycles. The topological polar surface area (TPSA) is 57.4 Å². The van der Waals surface area contributed by atoms with E-state index < -0.39 is 0 Å². The lowest BCUT2D eigenvalue weighted by Crippen LogP contribution is -2.05. The normalized spacial score (nSPS) is 10.6. The van der Waals surface area contributed by atoms with Crippen molar-refractivity contribution in [2.24, 2.45) is 0 Å².